The molecule has 4 nitrogen and oxygen atoms in total. The number of benzene rings is 1. The van der Waals surface area contributed by atoms with Crippen molar-refractivity contribution < 1.29 is 5.11 Å². The van der Waals surface area contributed by atoms with Crippen molar-refractivity contribution in [3.8, 4) is 5.75 Å². The fraction of sp³-hybridized carbons (Fsp3) is 0.250. The molecule has 0 spiro atoms. The molecule has 0 radical (unpaired) electrons. The van der Waals surface area contributed by atoms with Crippen LogP contribution < -0.4 is 0 Å². The first-order valence-electron chi connectivity index (χ1n) is 3.84. The zero-order valence-electron chi connectivity index (χ0n) is 6.70. The van der Waals surface area contributed by atoms with Crippen molar-refractivity contribution in [1.82, 2.24) is 15.4 Å². The van der Waals surface area contributed by atoms with Gasteiger partial charge in [0.15, 0.2) is 5.52 Å². The third-order valence-corrected chi connectivity index (χ3v) is 1.94. The monoisotopic (exact) mass is 163 g/mol. The second kappa shape index (κ2) is 2.48. The van der Waals surface area contributed by atoms with E-state index < -0.39 is 0 Å². The fourth-order valence-electron chi connectivity index (χ4n) is 1.23. The number of hydrogen-bond donors (Lipinski definition) is 2. The molecule has 2 rings (SSSR count). The second-order valence-electron chi connectivity index (χ2n) is 2.63. The lowest BCUT2D eigenvalue weighted by Crippen LogP contribution is -1.82. The number of aromatic nitrogens is 3. The molecule has 0 atom stereocenters. The Morgan fingerprint density at radius 1 is 1.50 bits per heavy atom. The largest absolute Gasteiger partial charge is 0.505 e. The van der Waals surface area contributed by atoms with Crippen LogP contribution >= 0.6 is 0 Å². The number of aryl methyl sites for hydroxylation is 1. The van der Waals surface area contributed by atoms with Gasteiger partial charge in [-0.1, -0.05) is 18.2 Å². The van der Waals surface area contributed by atoms with E-state index in [1.807, 2.05) is 19.1 Å². The Morgan fingerprint density at radius 3 is 3.08 bits per heavy atom. The van der Waals surface area contributed by atoms with Crippen molar-refractivity contribution in [2.45, 2.75) is 13.3 Å². The van der Waals surface area contributed by atoms with Crippen LogP contribution in [0, 0.1) is 0 Å². The van der Waals surface area contributed by atoms with E-state index in [-0.39, 0.29) is 5.75 Å². The van der Waals surface area contributed by atoms with Crippen LogP contribution in [-0.2, 0) is 6.42 Å². The molecule has 0 unspecified atom stereocenters. The number of aromatic amines is 1. The Bertz CT molecular complexity index is 408. The van der Waals surface area contributed by atoms with Crippen LogP contribution in [0.1, 0.15) is 12.5 Å². The number of nitrogens with zero attached hydrogens (tertiary/aromatic N) is 2. The number of hydrogen-bond acceptors (Lipinski definition) is 3. The molecule has 2 N–H and O–H groups in total. The molecule has 12 heavy (non-hydrogen) atoms. The Hall–Kier alpha value is -1.58. The number of aromatic hydroxyl groups is 1. The summed E-state index contributed by atoms with van der Waals surface area (Å²) in [7, 11) is 0. The third-order valence-electron chi connectivity index (χ3n) is 1.94. The lowest BCUT2D eigenvalue weighted by Gasteiger charge is -1.99. The van der Waals surface area contributed by atoms with Gasteiger partial charge in [0.25, 0.3) is 0 Å². The molecule has 1 aromatic carbocycles. The summed E-state index contributed by atoms with van der Waals surface area (Å²) in [6.07, 6.45) is 0.800. The zero-order chi connectivity index (χ0) is 8.55. The molecule has 0 aliphatic carbocycles. The lowest BCUT2D eigenvalue weighted by atomic mass is 10.1. The van der Waals surface area contributed by atoms with Gasteiger partial charge in [-0.25, -0.2) is 0 Å². The van der Waals surface area contributed by atoms with Gasteiger partial charge >= 0.3 is 0 Å². The maximum atomic E-state index is 9.62. The average Bonchev–Trinajstić information content (AvgIpc) is 2.53. The van der Waals surface area contributed by atoms with Crippen LogP contribution in [-0.4, -0.2) is 20.5 Å². The van der Waals surface area contributed by atoms with Gasteiger partial charge in [0.2, 0.25) is 0 Å². The van der Waals surface area contributed by atoms with E-state index in [9.17, 15) is 5.11 Å². The Kier molecular flexibility index (Phi) is 1.46. The number of phenols is 1. The van der Waals surface area contributed by atoms with Crippen molar-refractivity contribution in [3.05, 3.63) is 17.7 Å². The van der Waals surface area contributed by atoms with Gasteiger partial charge in [-0.15, -0.1) is 5.10 Å². The van der Waals surface area contributed by atoms with Gasteiger partial charge in [0.05, 0.1) is 5.52 Å². The highest BCUT2D eigenvalue weighted by molar-refractivity contribution is 5.81. The Balaban J connectivity index is 2.78. The number of nitrogens with one attached hydrogen (secondary N) is 1. The summed E-state index contributed by atoms with van der Waals surface area (Å²) >= 11 is 0. The van der Waals surface area contributed by atoms with Crippen LogP contribution in [0.4, 0.5) is 0 Å². The van der Waals surface area contributed by atoms with Crippen LogP contribution in [0.2, 0.25) is 0 Å². The highest BCUT2D eigenvalue weighted by Gasteiger charge is 2.06. The second-order valence-corrected chi connectivity index (χ2v) is 2.63. The summed E-state index contributed by atoms with van der Waals surface area (Å²) in [5.41, 5.74) is 2.22. The molecule has 0 aliphatic heterocycles. The maximum Gasteiger partial charge on any atom is 0.154 e. The van der Waals surface area contributed by atoms with E-state index in [4.69, 9.17) is 0 Å². The zero-order valence-corrected chi connectivity index (χ0v) is 6.70. The van der Waals surface area contributed by atoms with Gasteiger partial charge in [-0.05, 0) is 18.1 Å². The predicted octanol–water partition coefficient (Wildman–Crippen LogP) is 1.23. The smallest absolute Gasteiger partial charge is 0.154 e. The van der Waals surface area contributed by atoms with Crippen molar-refractivity contribution in [2.24, 2.45) is 0 Å². The van der Waals surface area contributed by atoms with E-state index in [0.29, 0.717) is 5.52 Å². The number of H-pyrrole nitrogens is 1. The van der Waals surface area contributed by atoms with E-state index in [1.165, 1.54) is 0 Å². The van der Waals surface area contributed by atoms with Gasteiger partial charge in [-0.3, -0.25) is 5.10 Å². The number of phenolic OH excluding ortho intramolecular Hbond substituents is 1. The Morgan fingerprint density at radius 2 is 2.33 bits per heavy atom. The number of rotatable bonds is 1. The SMILES string of the molecule is CCc1ccc2[nH]nnc2c1O. The molecule has 1 heterocycles. The molecule has 62 valence electrons. The van der Waals surface area contributed by atoms with Crippen molar-refractivity contribution in [2.75, 3.05) is 0 Å². The first-order valence-corrected chi connectivity index (χ1v) is 3.84. The topological polar surface area (TPSA) is 61.8 Å². The minimum atomic E-state index is 0.240. The molecular weight excluding hydrogens is 154 g/mol. The molecule has 0 amide bonds. The normalized spacial score (nSPS) is 10.8. The van der Waals surface area contributed by atoms with Crippen LogP contribution in [0.15, 0.2) is 12.1 Å². The molecule has 4 heteroatoms. The lowest BCUT2D eigenvalue weighted by molar-refractivity contribution is 0.474. The van der Waals surface area contributed by atoms with Gasteiger partial charge in [-0.2, -0.15) is 0 Å². The van der Waals surface area contributed by atoms with E-state index in [0.717, 1.165) is 17.5 Å². The predicted molar refractivity (Wildman–Crippen MR) is 44.9 cm³/mol. The summed E-state index contributed by atoms with van der Waals surface area (Å²) in [6, 6.07) is 3.74. The van der Waals surface area contributed by atoms with Gasteiger partial charge in [0, 0.05) is 0 Å². The van der Waals surface area contributed by atoms with Crippen molar-refractivity contribution >= 4 is 11.0 Å². The van der Waals surface area contributed by atoms with Crippen LogP contribution in [0.5, 0.6) is 5.75 Å². The molecule has 0 bridgehead atoms. The Labute approximate surface area is 69.2 Å². The first kappa shape index (κ1) is 7.09. The summed E-state index contributed by atoms with van der Waals surface area (Å²) in [5, 5.41) is 19.7. The van der Waals surface area contributed by atoms with E-state index in [2.05, 4.69) is 15.4 Å². The summed E-state index contributed by atoms with van der Waals surface area (Å²) in [5.74, 6) is 0.240. The molecule has 2 aromatic rings. The molecule has 0 fully saturated rings. The molecule has 0 saturated carbocycles. The van der Waals surface area contributed by atoms with Crippen molar-refractivity contribution in [1.29, 1.82) is 0 Å². The molecular formula is C8H9N3O. The molecule has 0 saturated heterocycles. The highest BCUT2D eigenvalue weighted by Crippen LogP contribution is 2.25. The van der Waals surface area contributed by atoms with Crippen molar-refractivity contribution in [3.63, 3.8) is 0 Å². The minimum absolute atomic E-state index is 0.240. The maximum absolute atomic E-state index is 9.62. The minimum Gasteiger partial charge on any atom is -0.505 e. The van der Waals surface area contributed by atoms with Crippen LogP contribution in [0.25, 0.3) is 11.0 Å². The standard InChI is InChI=1S/C8H9N3O/c1-2-5-3-4-6-7(8(5)12)10-11-9-6/h3-4,12H,2H2,1H3,(H,9,10,11). The summed E-state index contributed by atoms with van der Waals surface area (Å²) in [6.45, 7) is 1.99. The summed E-state index contributed by atoms with van der Waals surface area (Å²) in [4.78, 5) is 0. The third kappa shape index (κ3) is 0.845. The summed E-state index contributed by atoms with van der Waals surface area (Å²) < 4.78 is 0. The van der Waals surface area contributed by atoms with Crippen LogP contribution in [0.3, 0.4) is 0 Å². The van der Waals surface area contributed by atoms with Gasteiger partial charge < -0.3 is 5.11 Å². The molecule has 0 aliphatic rings. The quantitative estimate of drug-likeness (QED) is 0.664. The average molecular weight is 163 g/mol. The molecule has 1 aromatic heterocycles. The fourth-order valence-corrected chi connectivity index (χ4v) is 1.23. The van der Waals surface area contributed by atoms with E-state index in [1.54, 1.807) is 0 Å². The number of fused-ring (bicyclic) bond motifs is 1. The van der Waals surface area contributed by atoms with Gasteiger partial charge in [0.1, 0.15) is 5.75 Å². The first-order chi connectivity index (χ1) is 5.83. The van der Waals surface area contributed by atoms with E-state index >= 15 is 0 Å². The highest BCUT2D eigenvalue weighted by atomic mass is 16.3.